The molecule has 1 rings (SSSR count). The number of nitrogens with one attached hydrogen (secondary N) is 1. The maximum Gasteiger partial charge on any atom is 0.0110 e. The van der Waals surface area contributed by atoms with Crippen molar-refractivity contribution in [3.05, 3.63) is 0 Å². The third kappa shape index (κ3) is 4.12. The van der Waals surface area contributed by atoms with Crippen molar-refractivity contribution in [1.29, 1.82) is 0 Å². The average Bonchev–Trinajstić information content (AvgIpc) is 2.71. The summed E-state index contributed by atoms with van der Waals surface area (Å²) in [5.74, 6) is 0. The summed E-state index contributed by atoms with van der Waals surface area (Å²) in [4.78, 5) is 2.66. The van der Waals surface area contributed by atoms with Gasteiger partial charge in [0.15, 0.2) is 0 Å². The molecule has 2 unspecified atom stereocenters. The molecule has 0 radical (unpaired) electrons. The van der Waals surface area contributed by atoms with E-state index in [1.54, 1.807) is 0 Å². The van der Waals surface area contributed by atoms with E-state index in [4.69, 9.17) is 0 Å². The Morgan fingerprint density at radius 1 is 1.13 bits per heavy atom. The number of rotatable bonds is 7. The molecule has 1 N–H and O–H groups in total. The van der Waals surface area contributed by atoms with Gasteiger partial charge in [-0.15, -0.1) is 0 Å². The molecular weight excluding hydrogens is 184 g/mol. The number of hydrogen-bond acceptors (Lipinski definition) is 2. The fourth-order valence-corrected chi connectivity index (χ4v) is 2.71. The van der Waals surface area contributed by atoms with Crippen LogP contribution in [0.4, 0.5) is 0 Å². The van der Waals surface area contributed by atoms with Crippen LogP contribution in [0.5, 0.6) is 0 Å². The molecule has 2 atom stereocenters. The molecule has 0 aromatic heterocycles. The van der Waals surface area contributed by atoms with Gasteiger partial charge < -0.3 is 10.2 Å². The zero-order chi connectivity index (χ0) is 11.1. The summed E-state index contributed by atoms with van der Waals surface area (Å²) in [5, 5.41) is 3.66. The lowest BCUT2D eigenvalue weighted by Crippen LogP contribution is -2.36. The molecule has 1 aliphatic rings. The third-order valence-electron chi connectivity index (χ3n) is 3.52. The van der Waals surface area contributed by atoms with Crippen LogP contribution < -0.4 is 5.32 Å². The van der Waals surface area contributed by atoms with Crippen LogP contribution in [0.15, 0.2) is 0 Å². The lowest BCUT2D eigenvalue weighted by Gasteiger charge is -2.27. The van der Waals surface area contributed by atoms with Crippen molar-refractivity contribution in [2.45, 2.75) is 65.0 Å². The fourth-order valence-electron chi connectivity index (χ4n) is 2.71. The lowest BCUT2D eigenvalue weighted by molar-refractivity contribution is 0.206. The maximum atomic E-state index is 3.66. The van der Waals surface area contributed by atoms with Crippen molar-refractivity contribution in [1.82, 2.24) is 10.2 Å². The van der Waals surface area contributed by atoms with Gasteiger partial charge in [-0.1, -0.05) is 20.8 Å². The monoisotopic (exact) mass is 212 g/mol. The Kier molecular flexibility index (Phi) is 6.26. The van der Waals surface area contributed by atoms with Gasteiger partial charge in [0.05, 0.1) is 0 Å². The van der Waals surface area contributed by atoms with Gasteiger partial charge in [-0.3, -0.25) is 0 Å². The molecule has 0 bridgehead atoms. The van der Waals surface area contributed by atoms with Crippen LogP contribution in [0.2, 0.25) is 0 Å². The largest absolute Gasteiger partial charge is 0.314 e. The summed E-state index contributed by atoms with van der Waals surface area (Å²) in [7, 11) is 0. The van der Waals surface area contributed by atoms with E-state index < -0.39 is 0 Å². The average molecular weight is 212 g/mol. The van der Waals surface area contributed by atoms with Crippen LogP contribution in [-0.4, -0.2) is 36.6 Å². The molecule has 0 heterocycles. The van der Waals surface area contributed by atoms with Gasteiger partial charge in [0.1, 0.15) is 0 Å². The van der Waals surface area contributed by atoms with Crippen LogP contribution in [0.1, 0.15) is 52.9 Å². The van der Waals surface area contributed by atoms with Crippen LogP contribution in [-0.2, 0) is 0 Å². The molecule has 0 saturated heterocycles. The number of hydrogen-bond donors (Lipinski definition) is 1. The summed E-state index contributed by atoms with van der Waals surface area (Å²) in [6.07, 6.45) is 6.69. The fraction of sp³-hybridized carbons (Fsp3) is 1.00. The van der Waals surface area contributed by atoms with Gasteiger partial charge in [-0.2, -0.15) is 0 Å². The molecule has 90 valence electrons. The Balaban J connectivity index is 2.27. The third-order valence-corrected chi connectivity index (χ3v) is 3.52. The number of nitrogens with zero attached hydrogens (tertiary/aromatic N) is 1. The Bertz CT molecular complexity index is 159. The molecule has 1 fully saturated rings. The molecule has 0 aromatic rings. The minimum absolute atomic E-state index is 0.792. The van der Waals surface area contributed by atoms with Gasteiger partial charge >= 0.3 is 0 Å². The minimum atomic E-state index is 0.792. The first-order valence-corrected chi connectivity index (χ1v) is 6.79. The van der Waals surface area contributed by atoms with Gasteiger partial charge in [-0.25, -0.2) is 0 Å². The van der Waals surface area contributed by atoms with E-state index in [2.05, 4.69) is 31.0 Å². The van der Waals surface area contributed by atoms with E-state index in [1.807, 2.05) is 0 Å². The van der Waals surface area contributed by atoms with E-state index in [0.29, 0.717) is 0 Å². The molecule has 1 saturated carbocycles. The molecule has 2 nitrogen and oxygen atoms in total. The molecule has 1 aliphatic carbocycles. The van der Waals surface area contributed by atoms with E-state index in [1.165, 1.54) is 51.7 Å². The summed E-state index contributed by atoms with van der Waals surface area (Å²) < 4.78 is 0. The van der Waals surface area contributed by atoms with Crippen molar-refractivity contribution in [3.8, 4) is 0 Å². The van der Waals surface area contributed by atoms with Crippen molar-refractivity contribution < 1.29 is 0 Å². The second-order valence-electron chi connectivity index (χ2n) is 4.75. The predicted octanol–water partition coefficient (Wildman–Crippen LogP) is 2.64. The van der Waals surface area contributed by atoms with Gasteiger partial charge in [0.2, 0.25) is 0 Å². The molecule has 0 aliphatic heterocycles. The van der Waals surface area contributed by atoms with Crippen LogP contribution >= 0.6 is 0 Å². The van der Waals surface area contributed by atoms with Crippen LogP contribution in [0.25, 0.3) is 0 Å². The van der Waals surface area contributed by atoms with Crippen molar-refractivity contribution in [2.75, 3.05) is 19.6 Å². The smallest absolute Gasteiger partial charge is 0.0110 e. The summed E-state index contributed by atoms with van der Waals surface area (Å²) in [6.45, 7) is 10.5. The van der Waals surface area contributed by atoms with E-state index >= 15 is 0 Å². The van der Waals surface area contributed by atoms with Gasteiger partial charge in [-0.05, 0) is 51.7 Å². The highest BCUT2D eigenvalue weighted by Gasteiger charge is 2.27. The summed E-state index contributed by atoms with van der Waals surface area (Å²) in [6, 6.07) is 1.64. The standard InChI is InChI=1S/C13H28N2/c1-4-9-14-12-7-8-13(11-12)15(6-3)10-5-2/h12-14H,4-11H2,1-3H3. The first-order valence-electron chi connectivity index (χ1n) is 6.79. The van der Waals surface area contributed by atoms with Crippen LogP contribution in [0.3, 0.4) is 0 Å². The zero-order valence-electron chi connectivity index (χ0n) is 10.8. The Morgan fingerprint density at radius 2 is 1.93 bits per heavy atom. The first-order chi connectivity index (χ1) is 7.31. The van der Waals surface area contributed by atoms with Crippen LogP contribution in [0, 0.1) is 0 Å². The highest BCUT2D eigenvalue weighted by atomic mass is 15.2. The van der Waals surface area contributed by atoms with Gasteiger partial charge in [0.25, 0.3) is 0 Å². The lowest BCUT2D eigenvalue weighted by atomic mass is 10.2. The molecule has 2 heteroatoms. The Hall–Kier alpha value is -0.0800. The van der Waals surface area contributed by atoms with E-state index in [0.717, 1.165) is 12.1 Å². The summed E-state index contributed by atoms with van der Waals surface area (Å²) in [5.41, 5.74) is 0. The predicted molar refractivity (Wildman–Crippen MR) is 67.3 cm³/mol. The molecule has 0 spiro atoms. The van der Waals surface area contributed by atoms with Crippen molar-refractivity contribution >= 4 is 0 Å². The van der Waals surface area contributed by atoms with E-state index in [9.17, 15) is 0 Å². The zero-order valence-corrected chi connectivity index (χ0v) is 10.8. The Labute approximate surface area is 95.4 Å². The SMILES string of the molecule is CCCNC1CCC(N(CC)CCC)C1. The van der Waals surface area contributed by atoms with Crippen molar-refractivity contribution in [2.24, 2.45) is 0 Å². The highest BCUT2D eigenvalue weighted by Crippen LogP contribution is 2.24. The summed E-state index contributed by atoms with van der Waals surface area (Å²) >= 11 is 0. The molecular formula is C13H28N2. The normalized spacial score (nSPS) is 26.4. The molecule has 15 heavy (non-hydrogen) atoms. The van der Waals surface area contributed by atoms with E-state index in [-0.39, 0.29) is 0 Å². The van der Waals surface area contributed by atoms with Crippen molar-refractivity contribution in [3.63, 3.8) is 0 Å². The van der Waals surface area contributed by atoms with Gasteiger partial charge in [0, 0.05) is 12.1 Å². The molecule has 0 amide bonds. The first kappa shape index (κ1) is 13.0. The second kappa shape index (κ2) is 7.24. The highest BCUT2D eigenvalue weighted by molar-refractivity contribution is 4.86. The molecule has 0 aromatic carbocycles. The maximum absolute atomic E-state index is 3.66. The topological polar surface area (TPSA) is 15.3 Å². The quantitative estimate of drug-likeness (QED) is 0.698. The minimum Gasteiger partial charge on any atom is -0.314 e. The second-order valence-corrected chi connectivity index (χ2v) is 4.75. The Morgan fingerprint density at radius 3 is 2.53 bits per heavy atom.